The third-order valence-corrected chi connectivity index (χ3v) is 2.55. The number of ketones is 1. The molecule has 0 radical (unpaired) electrons. The second kappa shape index (κ2) is 2.45. The third kappa shape index (κ3) is 1.02. The molecule has 1 aliphatic carbocycles. The van der Waals surface area contributed by atoms with Crippen LogP contribution in [0.15, 0.2) is 12.2 Å². The van der Waals surface area contributed by atoms with Crippen molar-refractivity contribution in [3.05, 3.63) is 12.2 Å². The van der Waals surface area contributed by atoms with Gasteiger partial charge in [-0.15, -0.1) is 0 Å². The molecule has 2 heteroatoms. The van der Waals surface area contributed by atoms with Gasteiger partial charge < -0.3 is 4.74 Å². The van der Waals surface area contributed by atoms with Gasteiger partial charge in [-0.1, -0.05) is 6.58 Å². The smallest absolute Gasteiger partial charge is 0.142 e. The predicted octanol–water partition coefficient (Wildman–Crippen LogP) is 1.31. The van der Waals surface area contributed by atoms with Gasteiger partial charge in [0.2, 0.25) is 0 Å². The van der Waals surface area contributed by atoms with Crippen LogP contribution < -0.4 is 0 Å². The standard InChI is InChI=1S/C9H12O2/c1-6-5-11-8-4-2-3-7(10)9(6)8/h8-9H,1-5H2. The summed E-state index contributed by atoms with van der Waals surface area (Å²) in [6.45, 7) is 4.44. The van der Waals surface area contributed by atoms with Crippen molar-refractivity contribution >= 4 is 5.78 Å². The first kappa shape index (κ1) is 7.04. The Hall–Kier alpha value is -0.630. The van der Waals surface area contributed by atoms with E-state index < -0.39 is 0 Å². The zero-order valence-electron chi connectivity index (χ0n) is 6.51. The SMILES string of the molecule is C=C1COC2CCCC(=O)C12. The molecule has 2 unspecified atom stereocenters. The Bertz CT molecular complexity index is 208. The number of hydrogen-bond acceptors (Lipinski definition) is 2. The van der Waals surface area contributed by atoms with Crippen LogP contribution in [0.3, 0.4) is 0 Å². The minimum absolute atomic E-state index is 0.0451. The number of rotatable bonds is 0. The van der Waals surface area contributed by atoms with Crippen molar-refractivity contribution in [3.63, 3.8) is 0 Å². The summed E-state index contributed by atoms with van der Waals surface area (Å²) in [6, 6.07) is 0. The second-order valence-corrected chi connectivity index (χ2v) is 3.34. The zero-order chi connectivity index (χ0) is 7.84. The van der Waals surface area contributed by atoms with Crippen molar-refractivity contribution < 1.29 is 9.53 Å². The van der Waals surface area contributed by atoms with Gasteiger partial charge in [-0.25, -0.2) is 0 Å². The van der Waals surface area contributed by atoms with Crippen LogP contribution in [-0.4, -0.2) is 18.5 Å². The van der Waals surface area contributed by atoms with Gasteiger partial charge in [-0.3, -0.25) is 4.79 Å². The fraction of sp³-hybridized carbons (Fsp3) is 0.667. The molecule has 1 aliphatic heterocycles. The lowest BCUT2D eigenvalue weighted by molar-refractivity contribution is -0.126. The molecule has 1 saturated carbocycles. The van der Waals surface area contributed by atoms with Crippen LogP contribution in [0, 0.1) is 5.92 Å². The Morgan fingerprint density at radius 2 is 2.36 bits per heavy atom. The molecular formula is C9H12O2. The minimum Gasteiger partial charge on any atom is -0.373 e. The summed E-state index contributed by atoms with van der Waals surface area (Å²) >= 11 is 0. The highest BCUT2D eigenvalue weighted by Crippen LogP contribution is 2.34. The van der Waals surface area contributed by atoms with Crippen LogP contribution in [-0.2, 0) is 9.53 Å². The molecule has 0 aromatic carbocycles. The first-order valence-electron chi connectivity index (χ1n) is 4.11. The van der Waals surface area contributed by atoms with E-state index in [0.29, 0.717) is 12.4 Å². The van der Waals surface area contributed by atoms with Gasteiger partial charge >= 0.3 is 0 Å². The van der Waals surface area contributed by atoms with Crippen molar-refractivity contribution in [3.8, 4) is 0 Å². The van der Waals surface area contributed by atoms with Crippen LogP contribution >= 0.6 is 0 Å². The third-order valence-electron chi connectivity index (χ3n) is 2.55. The summed E-state index contributed by atoms with van der Waals surface area (Å²) in [5.41, 5.74) is 0.986. The molecule has 1 heterocycles. The molecule has 0 bridgehead atoms. The summed E-state index contributed by atoms with van der Waals surface area (Å²) < 4.78 is 5.42. The van der Waals surface area contributed by atoms with Gasteiger partial charge in [0, 0.05) is 6.42 Å². The molecule has 0 aromatic rings. The molecule has 2 atom stereocenters. The van der Waals surface area contributed by atoms with E-state index in [1.165, 1.54) is 0 Å². The van der Waals surface area contributed by atoms with Crippen molar-refractivity contribution in [1.82, 2.24) is 0 Å². The molecule has 60 valence electrons. The Balaban J connectivity index is 2.21. The number of Topliss-reactive ketones (excluding diaryl/α,β-unsaturated/α-hetero) is 1. The van der Waals surface area contributed by atoms with Gasteiger partial charge in [-0.2, -0.15) is 0 Å². The van der Waals surface area contributed by atoms with Gasteiger partial charge in [0.15, 0.2) is 0 Å². The maximum absolute atomic E-state index is 11.3. The summed E-state index contributed by atoms with van der Waals surface area (Å²) in [5, 5.41) is 0. The van der Waals surface area contributed by atoms with E-state index in [2.05, 4.69) is 6.58 Å². The number of carbonyl (C=O) groups excluding carboxylic acids is 1. The Labute approximate surface area is 66.2 Å². The highest BCUT2D eigenvalue weighted by Gasteiger charge is 2.38. The maximum Gasteiger partial charge on any atom is 0.142 e. The lowest BCUT2D eigenvalue weighted by atomic mass is 9.83. The molecule has 0 N–H and O–H groups in total. The van der Waals surface area contributed by atoms with E-state index >= 15 is 0 Å². The summed E-state index contributed by atoms with van der Waals surface area (Å²) in [6.07, 6.45) is 2.93. The van der Waals surface area contributed by atoms with E-state index in [4.69, 9.17) is 4.74 Å². The van der Waals surface area contributed by atoms with E-state index in [0.717, 1.165) is 24.8 Å². The van der Waals surface area contributed by atoms with Crippen molar-refractivity contribution in [2.24, 2.45) is 5.92 Å². The average molecular weight is 152 g/mol. The number of fused-ring (bicyclic) bond motifs is 1. The molecular weight excluding hydrogens is 140 g/mol. The van der Waals surface area contributed by atoms with Gasteiger partial charge in [0.05, 0.1) is 18.6 Å². The molecule has 2 aliphatic rings. The van der Waals surface area contributed by atoms with Crippen LogP contribution in [0.2, 0.25) is 0 Å². The monoisotopic (exact) mass is 152 g/mol. The Morgan fingerprint density at radius 1 is 1.55 bits per heavy atom. The van der Waals surface area contributed by atoms with Crippen molar-refractivity contribution in [2.45, 2.75) is 25.4 Å². The summed E-state index contributed by atoms with van der Waals surface area (Å²) in [7, 11) is 0. The number of ether oxygens (including phenoxy) is 1. The first-order chi connectivity index (χ1) is 5.29. The Morgan fingerprint density at radius 3 is 3.09 bits per heavy atom. The van der Waals surface area contributed by atoms with E-state index in [9.17, 15) is 4.79 Å². The topological polar surface area (TPSA) is 26.3 Å². The van der Waals surface area contributed by atoms with Crippen LogP contribution in [0.25, 0.3) is 0 Å². The van der Waals surface area contributed by atoms with E-state index in [1.54, 1.807) is 0 Å². The molecule has 1 saturated heterocycles. The lowest BCUT2D eigenvalue weighted by Gasteiger charge is -2.22. The van der Waals surface area contributed by atoms with E-state index in [1.807, 2.05) is 0 Å². The van der Waals surface area contributed by atoms with Crippen molar-refractivity contribution in [2.75, 3.05) is 6.61 Å². The largest absolute Gasteiger partial charge is 0.373 e. The van der Waals surface area contributed by atoms with Gasteiger partial charge in [0.25, 0.3) is 0 Å². The summed E-state index contributed by atoms with van der Waals surface area (Å²) in [5.74, 6) is 0.382. The average Bonchev–Trinajstić information content (AvgIpc) is 2.34. The number of hydrogen-bond donors (Lipinski definition) is 0. The first-order valence-corrected chi connectivity index (χ1v) is 4.11. The predicted molar refractivity (Wildman–Crippen MR) is 41.2 cm³/mol. The van der Waals surface area contributed by atoms with Crippen LogP contribution in [0.5, 0.6) is 0 Å². The van der Waals surface area contributed by atoms with Gasteiger partial charge in [-0.05, 0) is 18.4 Å². The van der Waals surface area contributed by atoms with Gasteiger partial charge in [0.1, 0.15) is 5.78 Å². The van der Waals surface area contributed by atoms with Crippen LogP contribution in [0.1, 0.15) is 19.3 Å². The maximum atomic E-state index is 11.3. The minimum atomic E-state index is 0.0451. The fourth-order valence-corrected chi connectivity index (χ4v) is 1.98. The molecule has 0 aromatic heterocycles. The zero-order valence-corrected chi connectivity index (χ0v) is 6.51. The van der Waals surface area contributed by atoms with E-state index in [-0.39, 0.29) is 12.0 Å². The van der Waals surface area contributed by atoms with Crippen molar-refractivity contribution in [1.29, 1.82) is 0 Å². The lowest BCUT2D eigenvalue weighted by Crippen LogP contribution is -2.29. The molecule has 0 spiro atoms. The second-order valence-electron chi connectivity index (χ2n) is 3.34. The molecule has 2 fully saturated rings. The quantitative estimate of drug-likeness (QED) is 0.489. The number of carbonyl (C=O) groups is 1. The Kier molecular flexibility index (Phi) is 1.57. The highest BCUT2D eigenvalue weighted by atomic mass is 16.5. The molecule has 2 rings (SSSR count). The van der Waals surface area contributed by atoms with Crippen LogP contribution in [0.4, 0.5) is 0 Å². The molecule has 0 amide bonds. The highest BCUT2D eigenvalue weighted by molar-refractivity contribution is 5.85. The molecule has 11 heavy (non-hydrogen) atoms. The fourth-order valence-electron chi connectivity index (χ4n) is 1.98. The summed E-state index contributed by atoms with van der Waals surface area (Å²) in [4.78, 5) is 11.3. The molecule has 2 nitrogen and oxygen atoms in total. The normalized spacial score (nSPS) is 37.5.